The van der Waals surface area contributed by atoms with Gasteiger partial charge in [0.1, 0.15) is 11.5 Å². The van der Waals surface area contributed by atoms with Crippen LogP contribution in [0.1, 0.15) is 0 Å². The van der Waals surface area contributed by atoms with Gasteiger partial charge in [-0.15, -0.1) is 0 Å². The zero-order valence-corrected chi connectivity index (χ0v) is 22.7. The average Bonchev–Trinajstić information content (AvgIpc) is 3.05. The summed E-state index contributed by atoms with van der Waals surface area (Å²) in [4.78, 5) is 4.91. The second kappa shape index (κ2) is 8.05. The fourth-order valence-electron chi connectivity index (χ4n) is 7.56. The number of para-hydroxylation sites is 2. The second-order valence-electron chi connectivity index (χ2n) is 11.3. The van der Waals surface area contributed by atoms with Crippen molar-refractivity contribution in [2.75, 3.05) is 9.80 Å². The van der Waals surface area contributed by atoms with Crippen LogP contribution in [-0.4, -0.2) is 6.71 Å². The maximum Gasteiger partial charge on any atom is 0.261 e. The number of hydrogen-bond acceptors (Lipinski definition) is 3. The maximum absolute atomic E-state index is 6.71. The summed E-state index contributed by atoms with van der Waals surface area (Å²) >= 11 is 0. The number of anilines is 6. The highest BCUT2D eigenvalue weighted by Gasteiger charge is 2.48. The Hall–Kier alpha value is -5.48. The molecule has 7 aromatic carbocycles. The predicted molar refractivity (Wildman–Crippen MR) is 176 cm³/mol. The van der Waals surface area contributed by atoms with Crippen LogP contribution in [0.15, 0.2) is 140 Å². The third-order valence-electron chi connectivity index (χ3n) is 9.19. The lowest BCUT2D eigenvalue weighted by atomic mass is 9.32. The Morgan fingerprint density at radius 1 is 0.429 bits per heavy atom. The van der Waals surface area contributed by atoms with Crippen molar-refractivity contribution >= 4 is 78.8 Å². The minimum Gasteiger partial charge on any atom is -0.458 e. The zero-order valence-electron chi connectivity index (χ0n) is 22.7. The van der Waals surface area contributed by atoms with Crippen molar-refractivity contribution in [2.45, 2.75) is 0 Å². The lowest BCUT2D eigenvalue weighted by Gasteiger charge is -2.46. The fourth-order valence-corrected chi connectivity index (χ4v) is 7.56. The summed E-state index contributed by atoms with van der Waals surface area (Å²) in [5.41, 5.74) is 10.9. The largest absolute Gasteiger partial charge is 0.458 e. The topological polar surface area (TPSA) is 15.7 Å². The molecular weight excluding hydrogens is 511 g/mol. The summed E-state index contributed by atoms with van der Waals surface area (Å²) in [5.74, 6) is 1.87. The normalized spacial score (nSPS) is 13.8. The lowest BCUT2D eigenvalue weighted by molar-refractivity contribution is 0.487. The van der Waals surface area contributed by atoms with Crippen molar-refractivity contribution in [3.63, 3.8) is 0 Å². The summed E-state index contributed by atoms with van der Waals surface area (Å²) in [6.45, 7) is 0.0666. The summed E-state index contributed by atoms with van der Waals surface area (Å²) in [7, 11) is 0. The quantitative estimate of drug-likeness (QED) is 0.164. The monoisotopic (exact) mass is 534 g/mol. The van der Waals surface area contributed by atoms with E-state index in [-0.39, 0.29) is 6.71 Å². The Morgan fingerprint density at radius 3 is 1.76 bits per heavy atom. The minimum atomic E-state index is 0.0666. The Balaban J connectivity index is 1.45. The maximum atomic E-state index is 6.71. The Kier molecular flexibility index (Phi) is 4.26. The average molecular weight is 534 g/mol. The van der Waals surface area contributed by atoms with Gasteiger partial charge >= 0.3 is 0 Å². The fraction of sp³-hybridized carbons (Fsp3) is 0. The van der Waals surface area contributed by atoms with Crippen molar-refractivity contribution in [3.05, 3.63) is 140 Å². The molecule has 3 aliphatic rings. The molecule has 4 heteroatoms. The van der Waals surface area contributed by atoms with Crippen molar-refractivity contribution in [1.82, 2.24) is 0 Å². The summed E-state index contributed by atoms with van der Waals surface area (Å²) < 4.78 is 6.71. The third kappa shape index (κ3) is 2.76. The van der Waals surface area contributed by atoms with Gasteiger partial charge in [0.05, 0.1) is 5.69 Å². The Labute approximate surface area is 243 Å². The standard InChI is InChI=1S/C38H23BN2O/c1-3-12-25(13-4-1)40-30-17-9-19-33-35(30)39-36-31(18-10-20-34(36)42-33)41(26-14-5-2-6-15-26)38-28-22-21-24-11-7-8-16-27(24)29(28)23-32(40)37(38)39/h1-23H. The lowest BCUT2D eigenvalue weighted by Crippen LogP contribution is -2.63. The first-order chi connectivity index (χ1) is 20.9. The molecule has 0 spiro atoms. The molecule has 0 fully saturated rings. The molecule has 10 rings (SSSR count). The van der Waals surface area contributed by atoms with Crippen LogP contribution in [0.2, 0.25) is 0 Å². The van der Waals surface area contributed by atoms with E-state index in [0.717, 1.165) is 22.9 Å². The second-order valence-corrected chi connectivity index (χ2v) is 11.3. The van der Waals surface area contributed by atoms with Crippen molar-refractivity contribution in [2.24, 2.45) is 0 Å². The molecule has 0 N–H and O–H groups in total. The number of benzene rings is 7. The van der Waals surface area contributed by atoms with E-state index >= 15 is 0 Å². The first kappa shape index (κ1) is 22.2. The molecule has 7 aromatic rings. The predicted octanol–water partition coefficient (Wildman–Crippen LogP) is 8.18. The van der Waals surface area contributed by atoms with Crippen LogP contribution in [0.5, 0.6) is 11.5 Å². The van der Waals surface area contributed by atoms with Crippen LogP contribution in [0, 0.1) is 0 Å². The molecular formula is C38H23BN2O. The van der Waals surface area contributed by atoms with Gasteiger partial charge in [0, 0.05) is 33.8 Å². The molecule has 0 aliphatic carbocycles. The summed E-state index contributed by atoms with van der Waals surface area (Å²) in [6.07, 6.45) is 0. The molecule has 194 valence electrons. The number of ether oxygens (including phenoxy) is 1. The van der Waals surface area contributed by atoms with Gasteiger partial charge in [0.25, 0.3) is 6.71 Å². The molecule has 0 unspecified atom stereocenters. The van der Waals surface area contributed by atoms with Crippen LogP contribution in [-0.2, 0) is 0 Å². The molecule has 0 saturated heterocycles. The highest BCUT2D eigenvalue weighted by Crippen LogP contribution is 2.50. The van der Waals surface area contributed by atoms with Crippen LogP contribution in [0.25, 0.3) is 21.5 Å². The van der Waals surface area contributed by atoms with Crippen LogP contribution in [0.4, 0.5) is 34.1 Å². The zero-order chi connectivity index (χ0) is 27.4. The number of nitrogens with zero attached hydrogens (tertiary/aromatic N) is 2. The molecule has 42 heavy (non-hydrogen) atoms. The van der Waals surface area contributed by atoms with Crippen molar-refractivity contribution < 1.29 is 4.74 Å². The first-order valence-electron chi connectivity index (χ1n) is 14.5. The molecule has 0 saturated carbocycles. The SMILES string of the molecule is c1ccc(N2c3cccc4c3B3c5c(cccc5N(c5ccccc5)c5c3c2cc2c5ccc3ccccc32)O4)cc1. The van der Waals surface area contributed by atoms with Gasteiger partial charge < -0.3 is 14.5 Å². The van der Waals surface area contributed by atoms with Gasteiger partial charge in [-0.2, -0.15) is 0 Å². The molecule has 3 heterocycles. The van der Waals surface area contributed by atoms with E-state index in [0.29, 0.717) is 0 Å². The van der Waals surface area contributed by atoms with Crippen LogP contribution >= 0.6 is 0 Å². The molecule has 0 bridgehead atoms. The molecule has 0 atom stereocenters. The van der Waals surface area contributed by atoms with E-state index < -0.39 is 0 Å². The number of fused-ring (bicyclic) bond motifs is 4. The van der Waals surface area contributed by atoms with E-state index in [2.05, 4.69) is 149 Å². The van der Waals surface area contributed by atoms with Gasteiger partial charge in [-0.1, -0.05) is 84.9 Å². The highest BCUT2D eigenvalue weighted by molar-refractivity contribution is 7.02. The summed E-state index contributed by atoms with van der Waals surface area (Å²) in [5, 5.41) is 5.03. The van der Waals surface area contributed by atoms with Gasteiger partial charge in [0.2, 0.25) is 0 Å². The van der Waals surface area contributed by atoms with E-state index in [9.17, 15) is 0 Å². The van der Waals surface area contributed by atoms with Gasteiger partial charge in [-0.3, -0.25) is 0 Å². The Bertz CT molecular complexity index is 2230. The minimum absolute atomic E-state index is 0.0666. The molecule has 3 nitrogen and oxygen atoms in total. The molecule has 0 radical (unpaired) electrons. The highest BCUT2D eigenvalue weighted by atomic mass is 16.5. The number of hydrogen-bond donors (Lipinski definition) is 0. The van der Waals surface area contributed by atoms with Gasteiger partial charge in [-0.25, -0.2) is 0 Å². The van der Waals surface area contributed by atoms with E-state index in [1.165, 1.54) is 60.7 Å². The Morgan fingerprint density at radius 2 is 1.05 bits per heavy atom. The molecule has 3 aliphatic heterocycles. The first-order valence-corrected chi connectivity index (χ1v) is 14.5. The van der Waals surface area contributed by atoms with Crippen molar-refractivity contribution in [3.8, 4) is 11.5 Å². The van der Waals surface area contributed by atoms with Gasteiger partial charge in [0.15, 0.2) is 0 Å². The summed E-state index contributed by atoms with van der Waals surface area (Å²) in [6, 6.07) is 50.3. The van der Waals surface area contributed by atoms with E-state index in [1.54, 1.807) is 0 Å². The van der Waals surface area contributed by atoms with Crippen LogP contribution < -0.4 is 30.9 Å². The van der Waals surface area contributed by atoms with E-state index in [1.807, 2.05) is 0 Å². The molecule has 0 amide bonds. The number of rotatable bonds is 2. The third-order valence-corrected chi connectivity index (χ3v) is 9.19. The van der Waals surface area contributed by atoms with Gasteiger partial charge in [-0.05, 0) is 87.1 Å². The van der Waals surface area contributed by atoms with Crippen molar-refractivity contribution in [1.29, 1.82) is 0 Å². The van der Waals surface area contributed by atoms with Crippen LogP contribution in [0.3, 0.4) is 0 Å². The van der Waals surface area contributed by atoms with E-state index in [4.69, 9.17) is 4.74 Å². The smallest absolute Gasteiger partial charge is 0.261 e. The molecule has 0 aromatic heterocycles.